The van der Waals surface area contributed by atoms with E-state index in [2.05, 4.69) is 25.7 Å². The molecule has 0 aromatic rings. The Hall–Kier alpha value is -0.370. The number of Topliss-reactive ketones (excluding diaryl/α,β-unsaturated/α-hetero) is 1. The molecule has 14 heavy (non-hydrogen) atoms. The molecule has 2 heteroatoms. The van der Waals surface area contributed by atoms with Crippen molar-refractivity contribution in [2.24, 2.45) is 5.92 Å². The summed E-state index contributed by atoms with van der Waals surface area (Å²) in [5, 5.41) is 0. The van der Waals surface area contributed by atoms with Gasteiger partial charge in [0, 0.05) is 31.5 Å². The fourth-order valence-electron chi connectivity index (χ4n) is 2.43. The second kappa shape index (κ2) is 5.50. The first kappa shape index (κ1) is 11.7. The van der Waals surface area contributed by atoms with Crippen LogP contribution in [-0.4, -0.2) is 29.8 Å². The lowest BCUT2D eigenvalue weighted by molar-refractivity contribution is -0.127. The Balaban J connectivity index is 2.52. The van der Waals surface area contributed by atoms with E-state index in [1.807, 2.05) is 0 Å². The summed E-state index contributed by atoms with van der Waals surface area (Å²) < 4.78 is 0. The molecule has 0 amide bonds. The van der Waals surface area contributed by atoms with Crippen molar-refractivity contribution in [1.29, 1.82) is 0 Å². The molecule has 1 saturated heterocycles. The molecule has 0 spiro atoms. The smallest absolute Gasteiger partial charge is 0.138 e. The van der Waals surface area contributed by atoms with E-state index in [4.69, 9.17) is 0 Å². The maximum Gasteiger partial charge on any atom is 0.138 e. The van der Waals surface area contributed by atoms with Gasteiger partial charge in [0.25, 0.3) is 0 Å². The highest BCUT2D eigenvalue weighted by atomic mass is 16.1. The molecule has 0 aliphatic carbocycles. The summed E-state index contributed by atoms with van der Waals surface area (Å²) in [6, 6.07) is 0.692. The van der Waals surface area contributed by atoms with Crippen LogP contribution < -0.4 is 0 Å². The summed E-state index contributed by atoms with van der Waals surface area (Å²) in [6.07, 6.45) is 4.20. The fourth-order valence-corrected chi connectivity index (χ4v) is 2.43. The Morgan fingerprint density at radius 1 is 1.36 bits per heavy atom. The highest BCUT2D eigenvalue weighted by Gasteiger charge is 2.28. The first-order chi connectivity index (χ1) is 6.72. The Morgan fingerprint density at radius 2 is 2.00 bits per heavy atom. The largest absolute Gasteiger partial charge is 0.299 e. The lowest BCUT2D eigenvalue weighted by Gasteiger charge is -2.36. The zero-order chi connectivity index (χ0) is 10.6. The molecular formula is C12H23NO. The average molecular weight is 197 g/mol. The van der Waals surface area contributed by atoms with Gasteiger partial charge in [-0.3, -0.25) is 9.69 Å². The van der Waals surface area contributed by atoms with Crippen molar-refractivity contribution >= 4 is 5.78 Å². The van der Waals surface area contributed by atoms with E-state index in [9.17, 15) is 4.79 Å². The minimum absolute atomic E-state index is 0.310. The summed E-state index contributed by atoms with van der Waals surface area (Å²) in [6.45, 7) is 8.60. The zero-order valence-electron chi connectivity index (χ0n) is 9.75. The van der Waals surface area contributed by atoms with Gasteiger partial charge in [0.1, 0.15) is 5.78 Å². The van der Waals surface area contributed by atoms with Crippen molar-refractivity contribution in [2.45, 2.75) is 52.5 Å². The van der Waals surface area contributed by atoms with Crippen LogP contribution in [0.2, 0.25) is 0 Å². The summed E-state index contributed by atoms with van der Waals surface area (Å²) in [4.78, 5) is 14.1. The van der Waals surface area contributed by atoms with Crippen molar-refractivity contribution in [2.75, 3.05) is 13.1 Å². The molecule has 82 valence electrons. The van der Waals surface area contributed by atoms with Crippen molar-refractivity contribution in [3.63, 3.8) is 0 Å². The number of hydrogen-bond acceptors (Lipinski definition) is 2. The van der Waals surface area contributed by atoms with E-state index >= 15 is 0 Å². The maximum atomic E-state index is 11.5. The molecule has 0 aromatic carbocycles. The normalized spacial score (nSPS) is 24.6. The molecule has 0 bridgehead atoms. The molecule has 1 aliphatic rings. The topological polar surface area (TPSA) is 20.3 Å². The van der Waals surface area contributed by atoms with E-state index in [1.54, 1.807) is 0 Å². The Labute approximate surface area is 87.7 Å². The monoisotopic (exact) mass is 197 g/mol. The highest BCUT2D eigenvalue weighted by molar-refractivity contribution is 5.82. The third-order valence-corrected chi connectivity index (χ3v) is 3.51. The molecule has 0 radical (unpaired) electrons. The first-order valence-electron chi connectivity index (χ1n) is 5.99. The predicted octanol–water partition coefficient (Wildman–Crippen LogP) is 2.48. The van der Waals surface area contributed by atoms with Gasteiger partial charge in [0.05, 0.1) is 0 Å². The summed E-state index contributed by atoms with van der Waals surface area (Å²) in [7, 11) is 0. The maximum absolute atomic E-state index is 11.5. The van der Waals surface area contributed by atoms with Gasteiger partial charge in [-0.05, 0) is 19.3 Å². The molecule has 1 heterocycles. The number of nitrogens with zero attached hydrogens (tertiary/aromatic N) is 1. The minimum atomic E-state index is 0.310. The van der Waals surface area contributed by atoms with Gasteiger partial charge in [-0.25, -0.2) is 0 Å². The van der Waals surface area contributed by atoms with Crippen LogP contribution >= 0.6 is 0 Å². The number of carbonyl (C=O) groups is 1. The van der Waals surface area contributed by atoms with Crippen molar-refractivity contribution in [1.82, 2.24) is 4.90 Å². The second-order valence-electron chi connectivity index (χ2n) is 4.29. The molecule has 1 fully saturated rings. The number of likely N-dealkylation sites (tertiary alicyclic amines) is 1. The number of carbonyl (C=O) groups excluding carboxylic acids is 1. The van der Waals surface area contributed by atoms with Gasteiger partial charge in [-0.2, -0.15) is 0 Å². The van der Waals surface area contributed by atoms with Crippen LogP contribution in [-0.2, 0) is 4.79 Å². The van der Waals surface area contributed by atoms with E-state index in [1.165, 1.54) is 12.8 Å². The second-order valence-corrected chi connectivity index (χ2v) is 4.29. The Kier molecular flexibility index (Phi) is 4.59. The van der Waals surface area contributed by atoms with Crippen molar-refractivity contribution in [3.8, 4) is 0 Å². The summed E-state index contributed by atoms with van der Waals surface area (Å²) in [5.41, 5.74) is 0. The van der Waals surface area contributed by atoms with Gasteiger partial charge in [0.2, 0.25) is 0 Å². The SMILES string of the molecule is CCC1CN(C(CC)CC)CCC1=O. The lowest BCUT2D eigenvalue weighted by Crippen LogP contribution is -2.45. The van der Waals surface area contributed by atoms with Crippen molar-refractivity contribution < 1.29 is 4.79 Å². The van der Waals surface area contributed by atoms with E-state index in [0.717, 1.165) is 25.9 Å². The first-order valence-corrected chi connectivity index (χ1v) is 5.99. The molecule has 1 rings (SSSR count). The third-order valence-electron chi connectivity index (χ3n) is 3.51. The van der Waals surface area contributed by atoms with Gasteiger partial charge in [-0.1, -0.05) is 20.8 Å². The molecule has 0 saturated carbocycles. The van der Waals surface area contributed by atoms with Gasteiger partial charge < -0.3 is 0 Å². The van der Waals surface area contributed by atoms with Crippen LogP contribution in [0.1, 0.15) is 46.5 Å². The van der Waals surface area contributed by atoms with Crippen LogP contribution in [0.5, 0.6) is 0 Å². The van der Waals surface area contributed by atoms with Crippen molar-refractivity contribution in [3.05, 3.63) is 0 Å². The molecule has 0 N–H and O–H groups in total. The highest BCUT2D eigenvalue weighted by Crippen LogP contribution is 2.20. The lowest BCUT2D eigenvalue weighted by atomic mass is 9.92. The fraction of sp³-hybridized carbons (Fsp3) is 0.917. The van der Waals surface area contributed by atoms with E-state index in [0.29, 0.717) is 17.7 Å². The molecule has 1 unspecified atom stereocenters. The standard InChI is InChI=1S/C12H23NO/c1-4-10-9-13(8-7-12(10)14)11(5-2)6-3/h10-11H,4-9H2,1-3H3. The van der Waals surface area contributed by atoms with Crippen LogP contribution in [0, 0.1) is 5.92 Å². The minimum Gasteiger partial charge on any atom is -0.299 e. The van der Waals surface area contributed by atoms with Crippen LogP contribution in [0.3, 0.4) is 0 Å². The number of rotatable bonds is 4. The average Bonchev–Trinajstić information content (AvgIpc) is 2.22. The summed E-state index contributed by atoms with van der Waals surface area (Å²) >= 11 is 0. The van der Waals surface area contributed by atoms with Crippen LogP contribution in [0.25, 0.3) is 0 Å². The number of hydrogen-bond donors (Lipinski definition) is 0. The third kappa shape index (κ3) is 2.57. The molecular weight excluding hydrogens is 174 g/mol. The number of ketones is 1. The zero-order valence-corrected chi connectivity index (χ0v) is 9.75. The molecule has 0 aromatic heterocycles. The van der Waals surface area contributed by atoms with Gasteiger partial charge in [0.15, 0.2) is 0 Å². The number of piperidine rings is 1. The van der Waals surface area contributed by atoms with Gasteiger partial charge >= 0.3 is 0 Å². The Bertz CT molecular complexity index is 187. The molecule has 2 nitrogen and oxygen atoms in total. The Morgan fingerprint density at radius 3 is 2.50 bits per heavy atom. The van der Waals surface area contributed by atoms with Crippen LogP contribution in [0.4, 0.5) is 0 Å². The van der Waals surface area contributed by atoms with Gasteiger partial charge in [-0.15, -0.1) is 0 Å². The molecule has 1 atom stereocenters. The molecule has 1 aliphatic heterocycles. The van der Waals surface area contributed by atoms with Crippen LogP contribution in [0.15, 0.2) is 0 Å². The predicted molar refractivity (Wildman–Crippen MR) is 59.3 cm³/mol. The van der Waals surface area contributed by atoms with E-state index < -0.39 is 0 Å². The quantitative estimate of drug-likeness (QED) is 0.690. The summed E-state index contributed by atoms with van der Waals surface area (Å²) in [5.74, 6) is 0.791. The van der Waals surface area contributed by atoms with E-state index in [-0.39, 0.29) is 0 Å².